The van der Waals surface area contributed by atoms with Crippen molar-refractivity contribution in [3.05, 3.63) is 104 Å². The summed E-state index contributed by atoms with van der Waals surface area (Å²) in [5, 5.41) is 21.5. The molecule has 10 nitrogen and oxygen atoms in total. The van der Waals surface area contributed by atoms with E-state index in [-0.39, 0.29) is 30.0 Å². The molecule has 5 rings (SSSR count). The van der Waals surface area contributed by atoms with Crippen molar-refractivity contribution in [1.29, 1.82) is 5.26 Å². The topological polar surface area (TPSA) is 118 Å². The average Bonchev–Trinajstić information content (AvgIpc) is 2.96. The third-order valence-corrected chi connectivity index (χ3v) is 7.16. The molecule has 1 aliphatic rings. The fourth-order valence-electron chi connectivity index (χ4n) is 5.25. The number of nitriles is 1. The second-order valence-corrected chi connectivity index (χ2v) is 9.36. The van der Waals surface area contributed by atoms with Crippen LogP contribution in [0.15, 0.2) is 59.4 Å². The monoisotopic (exact) mass is 546 g/mol. The Hall–Kier alpha value is -4.89. The Kier molecular flexibility index (Phi) is 7.15. The van der Waals surface area contributed by atoms with Gasteiger partial charge in [0.15, 0.2) is 5.69 Å². The van der Waals surface area contributed by atoms with Gasteiger partial charge >= 0.3 is 11.2 Å². The minimum absolute atomic E-state index is 0.0672. The van der Waals surface area contributed by atoms with Gasteiger partial charge in [-0.3, -0.25) is 19.8 Å². The Labute approximate surface area is 227 Å². The molecule has 0 bridgehead atoms. The summed E-state index contributed by atoms with van der Waals surface area (Å²) in [6.45, 7) is 1.33. The van der Waals surface area contributed by atoms with E-state index < -0.39 is 33.8 Å². The van der Waals surface area contributed by atoms with Crippen LogP contribution in [0.5, 0.6) is 5.75 Å². The van der Waals surface area contributed by atoms with E-state index in [0.717, 1.165) is 10.1 Å². The molecule has 1 aliphatic heterocycles. The lowest BCUT2D eigenvalue weighted by Gasteiger charge is -2.40. The van der Waals surface area contributed by atoms with Gasteiger partial charge in [0.05, 0.1) is 23.6 Å². The minimum atomic E-state index is -0.776. The molecule has 2 aromatic carbocycles. The highest BCUT2D eigenvalue weighted by atomic mass is 19.1. The van der Waals surface area contributed by atoms with Crippen molar-refractivity contribution in [2.24, 2.45) is 7.05 Å². The molecule has 0 N–H and O–H groups in total. The molecule has 0 saturated carbocycles. The third-order valence-electron chi connectivity index (χ3n) is 7.16. The number of hydrogen-bond acceptors (Lipinski definition) is 8. The van der Waals surface area contributed by atoms with Crippen LogP contribution < -0.4 is 15.2 Å². The first-order valence-electron chi connectivity index (χ1n) is 12.4. The van der Waals surface area contributed by atoms with Crippen molar-refractivity contribution in [2.45, 2.75) is 6.04 Å². The summed E-state index contributed by atoms with van der Waals surface area (Å²) in [6, 6.07) is 14.8. The molecule has 0 spiro atoms. The lowest BCUT2D eigenvalue weighted by Crippen LogP contribution is -2.48. The standard InChI is InChI=1S/C28H24F2N6O4/c1-33-22-10-8-20(16-31)32-24(22)26(27(28(33)37)36(38)39)35-13-11-34(12-14-35)25(17-3-5-18(29)6-4-17)21-9-7-19(30)15-23(21)40-2/h3-10,15,25H,11-14H2,1-2H3/t25-/m1/s1. The van der Waals surface area contributed by atoms with E-state index in [1.165, 1.54) is 44.5 Å². The molecule has 1 fully saturated rings. The smallest absolute Gasteiger partial charge is 0.359 e. The number of fused-ring (bicyclic) bond motifs is 1. The second kappa shape index (κ2) is 10.7. The fourth-order valence-corrected chi connectivity index (χ4v) is 5.25. The minimum Gasteiger partial charge on any atom is -0.496 e. The van der Waals surface area contributed by atoms with Crippen LogP contribution in [-0.2, 0) is 7.05 Å². The number of aryl methyl sites for hydroxylation is 1. The summed E-state index contributed by atoms with van der Waals surface area (Å²) < 4.78 is 34.4. The maximum Gasteiger partial charge on any atom is 0.359 e. The predicted molar refractivity (Wildman–Crippen MR) is 143 cm³/mol. The number of nitro groups is 1. The van der Waals surface area contributed by atoms with Crippen LogP contribution in [0, 0.1) is 33.1 Å². The third kappa shape index (κ3) is 4.71. The highest BCUT2D eigenvalue weighted by Crippen LogP contribution is 2.38. The van der Waals surface area contributed by atoms with Crippen molar-refractivity contribution < 1.29 is 18.4 Å². The Bertz CT molecular complexity index is 1710. The highest BCUT2D eigenvalue weighted by molar-refractivity contribution is 5.94. The summed E-state index contributed by atoms with van der Waals surface area (Å²) in [5.41, 5.74) is 0.740. The van der Waals surface area contributed by atoms with E-state index in [0.29, 0.717) is 29.9 Å². The number of hydrogen-bond donors (Lipinski definition) is 0. The summed E-state index contributed by atoms with van der Waals surface area (Å²) in [5.74, 6) is -0.525. The zero-order valence-corrected chi connectivity index (χ0v) is 21.7. The molecule has 0 aliphatic carbocycles. The van der Waals surface area contributed by atoms with Gasteiger partial charge in [0.1, 0.15) is 34.7 Å². The average molecular weight is 547 g/mol. The molecule has 1 saturated heterocycles. The number of aromatic nitrogens is 2. The number of methoxy groups -OCH3 is 1. The predicted octanol–water partition coefficient (Wildman–Crippen LogP) is 3.91. The van der Waals surface area contributed by atoms with Crippen molar-refractivity contribution in [1.82, 2.24) is 14.5 Å². The van der Waals surface area contributed by atoms with Crippen LogP contribution in [-0.4, -0.2) is 52.7 Å². The van der Waals surface area contributed by atoms with Crippen LogP contribution in [0.3, 0.4) is 0 Å². The fraction of sp³-hybridized carbons (Fsp3) is 0.250. The van der Waals surface area contributed by atoms with Gasteiger partial charge < -0.3 is 14.2 Å². The van der Waals surface area contributed by atoms with Gasteiger partial charge in [-0.25, -0.2) is 13.8 Å². The number of rotatable bonds is 6. The SMILES string of the molecule is COc1cc(F)ccc1[C@@H](c1ccc(F)cc1)N1CCN(c2c([N+](=O)[O-])c(=O)n(C)c3ccc(C#N)nc23)CC1. The number of anilines is 1. The van der Waals surface area contributed by atoms with Gasteiger partial charge in [-0.2, -0.15) is 5.26 Å². The molecule has 0 unspecified atom stereocenters. The maximum atomic E-state index is 14.0. The van der Waals surface area contributed by atoms with Gasteiger partial charge in [0, 0.05) is 44.9 Å². The summed E-state index contributed by atoms with van der Waals surface area (Å²) >= 11 is 0. The molecular weight excluding hydrogens is 522 g/mol. The summed E-state index contributed by atoms with van der Waals surface area (Å²) in [4.78, 5) is 32.6. The lowest BCUT2D eigenvalue weighted by molar-refractivity contribution is -0.385. The van der Waals surface area contributed by atoms with Gasteiger partial charge in [0.25, 0.3) is 0 Å². The largest absolute Gasteiger partial charge is 0.496 e. The highest BCUT2D eigenvalue weighted by Gasteiger charge is 2.34. The van der Waals surface area contributed by atoms with E-state index in [2.05, 4.69) is 9.88 Å². The molecule has 4 aromatic rings. The first kappa shape index (κ1) is 26.7. The first-order chi connectivity index (χ1) is 19.2. The Morgan fingerprint density at radius 2 is 1.73 bits per heavy atom. The zero-order chi connectivity index (χ0) is 28.6. The normalized spacial score (nSPS) is 14.6. The number of piperazine rings is 1. The van der Waals surface area contributed by atoms with Gasteiger partial charge in [-0.15, -0.1) is 0 Å². The van der Waals surface area contributed by atoms with Crippen LogP contribution in [0.1, 0.15) is 22.9 Å². The number of ether oxygens (including phenoxy) is 1. The number of pyridine rings is 2. The van der Waals surface area contributed by atoms with Crippen LogP contribution in [0.25, 0.3) is 11.0 Å². The second-order valence-electron chi connectivity index (χ2n) is 9.36. The Balaban J connectivity index is 1.57. The van der Waals surface area contributed by atoms with E-state index in [4.69, 9.17) is 4.74 Å². The van der Waals surface area contributed by atoms with Crippen molar-refractivity contribution >= 4 is 22.4 Å². The summed E-state index contributed by atoms with van der Waals surface area (Å²) in [7, 11) is 2.87. The molecule has 1 atom stereocenters. The summed E-state index contributed by atoms with van der Waals surface area (Å²) in [6.07, 6.45) is 0. The van der Waals surface area contributed by atoms with E-state index in [9.17, 15) is 29.0 Å². The maximum absolute atomic E-state index is 14.0. The van der Waals surface area contributed by atoms with E-state index in [1.807, 2.05) is 6.07 Å². The van der Waals surface area contributed by atoms with Crippen LogP contribution in [0.4, 0.5) is 20.2 Å². The Morgan fingerprint density at radius 3 is 2.35 bits per heavy atom. The van der Waals surface area contributed by atoms with E-state index >= 15 is 0 Å². The molecule has 3 heterocycles. The van der Waals surface area contributed by atoms with Crippen molar-refractivity contribution in [3.8, 4) is 11.8 Å². The zero-order valence-electron chi connectivity index (χ0n) is 21.7. The lowest BCUT2D eigenvalue weighted by atomic mass is 9.95. The Morgan fingerprint density at radius 1 is 1.05 bits per heavy atom. The number of nitrogens with zero attached hydrogens (tertiary/aromatic N) is 6. The number of halogens is 2. The van der Waals surface area contributed by atoms with Crippen molar-refractivity contribution in [3.63, 3.8) is 0 Å². The molecule has 2 aromatic heterocycles. The van der Waals surface area contributed by atoms with Crippen LogP contribution in [0.2, 0.25) is 0 Å². The van der Waals surface area contributed by atoms with Gasteiger partial charge in [-0.05, 0) is 35.9 Å². The molecule has 40 heavy (non-hydrogen) atoms. The van der Waals surface area contributed by atoms with Crippen LogP contribution >= 0.6 is 0 Å². The molecule has 0 amide bonds. The van der Waals surface area contributed by atoms with Gasteiger partial charge in [-0.1, -0.05) is 18.2 Å². The molecular formula is C28H24F2N6O4. The molecule has 204 valence electrons. The van der Waals surface area contributed by atoms with E-state index in [1.54, 1.807) is 29.2 Å². The van der Waals surface area contributed by atoms with Gasteiger partial charge in [0.2, 0.25) is 0 Å². The molecule has 12 heteroatoms. The number of benzene rings is 2. The quantitative estimate of drug-likeness (QED) is 0.264. The first-order valence-corrected chi connectivity index (χ1v) is 12.4. The van der Waals surface area contributed by atoms with Crippen molar-refractivity contribution in [2.75, 3.05) is 38.2 Å². The molecule has 0 radical (unpaired) electrons.